The molecule has 3 aromatic carbocycles. The summed E-state index contributed by atoms with van der Waals surface area (Å²) < 4.78 is 5.64. The molecule has 1 aliphatic rings. The molecule has 5 rings (SSSR count). The van der Waals surface area contributed by atoms with E-state index in [9.17, 15) is 4.79 Å². The van der Waals surface area contributed by atoms with E-state index in [0.29, 0.717) is 18.6 Å². The fourth-order valence-corrected chi connectivity index (χ4v) is 4.22. The van der Waals surface area contributed by atoms with Crippen molar-refractivity contribution >= 4 is 5.78 Å². The van der Waals surface area contributed by atoms with Crippen LogP contribution in [-0.2, 0) is 17.6 Å². The van der Waals surface area contributed by atoms with Crippen LogP contribution in [0.5, 0.6) is 0 Å². The number of benzene rings is 3. The van der Waals surface area contributed by atoms with Gasteiger partial charge in [0.1, 0.15) is 5.78 Å². The van der Waals surface area contributed by atoms with Gasteiger partial charge in [-0.1, -0.05) is 84.0 Å². The van der Waals surface area contributed by atoms with Crippen LogP contribution >= 0.6 is 0 Å². The molecule has 0 saturated heterocycles. The summed E-state index contributed by atoms with van der Waals surface area (Å²) in [5.41, 5.74) is 7.65. The zero-order chi connectivity index (χ0) is 21.9. The average Bonchev–Trinajstić information content (AvgIpc) is 3.63. The molecule has 0 spiro atoms. The van der Waals surface area contributed by atoms with Crippen molar-refractivity contribution in [1.82, 2.24) is 5.16 Å². The number of carbonyl (C=O) groups is 1. The second kappa shape index (κ2) is 8.96. The third-order valence-corrected chi connectivity index (χ3v) is 6.33. The molecule has 0 N–H and O–H groups in total. The van der Waals surface area contributed by atoms with Gasteiger partial charge in [0.25, 0.3) is 0 Å². The third-order valence-electron chi connectivity index (χ3n) is 6.33. The molecular weight excluding hydrogens is 394 g/mol. The van der Waals surface area contributed by atoms with Gasteiger partial charge in [-0.25, -0.2) is 0 Å². The third kappa shape index (κ3) is 4.57. The van der Waals surface area contributed by atoms with Crippen LogP contribution in [-0.4, -0.2) is 10.9 Å². The second-order valence-electron chi connectivity index (χ2n) is 8.75. The number of rotatable bonds is 8. The number of Topliss-reactive ketones (excluding diaryl/α,β-unsaturated/α-hetero) is 1. The predicted octanol–water partition coefficient (Wildman–Crippen LogP) is 6.94. The highest BCUT2D eigenvalue weighted by molar-refractivity contribution is 5.83. The van der Waals surface area contributed by atoms with Crippen LogP contribution in [0.25, 0.3) is 22.5 Å². The van der Waals surface area contributed by atoms with E-state index < -0.39 is 0 Å². The predicted molar refractivity (Wildman–Crippen MR) is 128 cm³/mol. The molecule has 32 heavy (non-hydrogen) atoms. The number of ketones is 1. The normalized spacial score (nSPS) is 13.3. The van der Waals surface area contributed by atoms with E-state index in [4.69, 9.17) is 4.52 Å². The highest BCUT2D eigenvalue weighted by Gasteiger charge is 2.23. The van der Waals surface area contributed by atoms with E-state index >= 15 is 0 Å². The highest BCUT2D eigenvalue weighted by atomic mass is 16.5. The molecule has 1 heterocycles. The summed E-state index contributed by atoms with van der Waals surface area (Å²) in [7, 11) is 0. The van der Waals surface area contributed by atoms with Crippen molar-refractivity contribution in [3.63, 3.8) is 0 Å². The minimum atomic E-state index is 0.203. The van der Waals surface area contributed by atoms with Crippen molar-refractivity contribution in [1.29, 1.82) is 0 Å². The fourth-order valence-electron chi connectivity index (χ4n) is 4.22. The number of aryl methyl sites for hydroxylation is 2. The molecule has 160 valence electrons. The van der Waals surface area contributed by atoms with Crippen molar-refractivity contribution in [2.24, 2.45) is 0 Å². The van der Waals surface area contributed by atoms with Gasteiger partial charge in [-0.2, -0.15) is 0 Å². The fraction of sp³-hybridized carbons (Fsp3) is 0.241. The van der Waals surface area contributed by atoms with E-state index in [2.05, 4.69) is 65.8 Å². The molecule has 3 heteroatoms. The molecule has 0 bridgehead atoms. The Balaban J connectivity index is 1.29. The Morgan fingerprint density at radius 1 is 0.875 bits per heavy atom. The summed E-state index contributed by atoms with van der Waals surface area (Å²) in [6, 6.07) is 27.4. The van der Waals surface area contributed by atoms with Gasteiger partial charge in [0.15, 0.2) is 5.76 Å². The van der Waals surface area contributed by atoms with Gasteiger partial charge in [-0.3, -0.25) is 4.79 Å². The lowest BCUT2D eigenvalue weighted by molar-refractivity contribution is -0.118. The summed E-state index contributed by atoms with van der Waals surface area (Å²) in [6.07, 6.45) is 4.27. The Kier molecular flexibility index (Phi) is 5.72. The maximum atomic E-state index is 12.7. The molecular formula is C29H27NO2. The molecule has 1 aliphatic carbocycles. The minimum absolute atomic E-state index is 0.203. The average molecular weight is 422 g/mol. The quantitative estimate of drug-likeness (QED) is 0.309. The summed E-state index contributed by atoms with van der Waals surface area (Å²) in [4.78, 5) is 12.7. The molecule has 0 radical (unpaired) electrons. The lowest BCUT2D eigenvalue weighted by Crippen LogP contribution is -2.05. The zero-order valence-corrected chi connectivity index (χ0v) is 18.4. The van der Waals surface area contributed by atoms with E-state index in [1.54, 1.807) is 0 Å². The van der Waals surface area contributed by atoms with Gasteiger partial charge in [-0.15, -0.1) is 0 Å². The van der Waals surface area contributed by atoms with Crippen LogP contribution in [0.2, 0.25) is 0 Å². The van der Waals surface area contributed by atoms with Crippen molar-refractivity contribution < 1.29 is 9.32 Å². The molecule has 1 fully saturated rings. The first-order valence-corrected chi connectivity index (χ1v) is 11.4. The zero-order valence-electron chi connectivity index (χ0n) is 18.4. The Bertz CT molecular complexity index is 1200. The topological polar surface area (TPSA) is 43.1 Å². The van der Waals surface area contributed by atoms with Gasteiger partial charge < -0.3 is 4.52 Å². The summed E-state index contributed by atoms with van der Waals surface area (Å²) in [5, 5.41) is 4.15. The SMILES string of the molecule is Cc1noc(-c2ccc(-c3ccc(C4CC4)cc3)cc2)c1CC(=O)CCc1ccccc1. The molecule has 0 amide bonds. The maximum Gasteiger partial charge on any atom is 0.170 e. The first-order valence-electron chi connectivity index (χ1n) is 11.4. The van der Waals surface area contributed by atoms with Crippen molar-refractivity contribution in [2.75, 3.05) is 0 Å². The lowest BCUT2D eigenvalue weighted by Gasteiger charge is -2.06. The second-order valence-corrected chi connectivity index (χ2v) is 8.75. The first kappa shape index (κ1) is 20.4. The summed E-state index contributed by atoms with van der Waals surface area (Å²) in [6.45, 7) is 1.91. The standard InChI is InChI=1S/C29H27NO2/c1-20-28(19-27(31)18-7-21-5-3-2-4-6-21)29(32-30-20)26-16-14-25(15-17-26)24-12-10-23(11-13-24)22-8-9-22/h2-6,10-17,22H,7-9,18-19H2,1H3. The van der Waals surface area contributed by atoms with Crippen LogP contribution in [0.4, 0.5) is 0 Å². The molecule has 1 aromatic heterocycles. The van der Waals surface area contributed by atoms with E-state index in [1.807, 2.05) is 25.1 Å². The number of hydrogen-bond acceptors (Lipinski definition) is 3. The largest absolute Gasteiger partial charge is 0.356 e. The first-order chi connectivity index (χ1) is 15.7. The van der Waals surface area contributed by atoms with E-state index in [1.165, 1.54) is 35.1 Å². The van der Waals surface area contributed by atoms with Crippen LogP contribution in [0.1, 0.15) is 47.6 Å². The molecule has 0 aliphatic heterocycles. The number of hydrogen-bond donors (Lipinski definition) is 0. The molecule has 0 unspecified atom stereocenters. The van der Waals surface area contributed by atoms with Crippen LogP contribution < -0.4 is 0 Å². The smallest absolute Gasteiger partial charge is 0.170 e. The van der Waals surface area contributed by atoms with Gasteiger partial charge in [-0.05, 0) is 54.4 Å². The summed E-state index contributed by atoms with van der Waals surface area (Å²) >= 11 is 0. The van der Waals surface area contributed by atoms with Crippen molar-refractivity contribution in [2.45, 2.75) is 44.9 Å². The molecule has 0 atom stereocenters. The monoisotopic (exact) mass is 421 g/mol. The highest BCUT2D eigenvalue weighted by Crippen LogP contribution is 2.40. The van der Waals surface area contributed by atoms with Gasteiger partial charge in [0, 0.05) is 24.0 Å². The molecule has 1 saturated carbocycles. The number of nitrogens with zero attached hydrogens (tertiary/aromatic N) is 1. The summed E-state index contributed by atoms with van der Waals surface area (Å²) in [5.74, 6) is 1.68. The minimum Gasteiger partial charge on any atom is -0.356 e. The number of carbonyl (C=O) groups excluding carboxylic acids is 1. The number of aromatic nitrogens is 1. The van der Waals surface area contributed by atoms with Crippen LogP contribution in [0.15, 0.2) is 83.4 Å². The van der Waals surface area contributed by atoms with Crippen molar-refractivity contribution in [3.8, 4) is 22.5 Å². The van der Waals surface area contributed by atoms with Gasteiger partial charge in [0.05, 0.1) is 5.69 Å². The van der Waals surface area contributed by atoms with E-state index in [-0.39, 0.29) is 5.78 Å². The van der Waals surface area contributed by atoms with Gasteiger partial charge in [0.2, 0.25) is 0 Å². The molecule has 4 aromatic rings. The Morgan fingerprint density at radius 2 is 1.50 bits per heavy atom. The Labute approximate surface area is 189 Å². The Hall–Kier alpha value is -3.46. The maximum absolute atomic E-state index is 12.7. The lowest BCUT2D eigenvalue weighted by atomic mass is 9.97. The Morgan fingerprint density at radius 3 is 2.16 bits per heavy atom. The van der Waals surface area contributed by atoms with Crippen LogP contribution in [0, 0.1) is 6.92 Å². The van der Waals surface area contributed by atoms with Gasteiger partial charge >= 0.3 is 0 Å². The van der Waals surface area contributed by atoms with Crippen molar-refractivity contribution in [3.05, 3.63) is 101 Å². The molecule has 3 nitrogen and oxygen atoms in total. The van der Waals surface area contributed by atoms with Crippen LogP contribution in [0.3, 0.4) is 0 Å². The van der Waals surface area contributed by atoms with E-state index in [0.717, 1.165) is 29.2 Å².